The summed E-state index contributed by atoms with van der Waals surface area (Å²) in [6.45, 7) is 6.63. The van der Waals surface area contributed by atoms with E-state index in [0.29, 0.717) is 18.4 Å². The third kappa shape index (κ3) is 4.25. The lowest BCUT2D eigenvalue weighted by molar-refractivity contribution is 0.427. The maximum atomic E-state index is 11.7. The lowest BCUT2D eigenvalue weighted by Gasteiger charge is -2.22. The lowest BCUT2D eigenvalue weighted by Crippen LogP contribution is -2.45. The molecule has 0 rings (SSSR count). The van der Waals surface area contributed by atoms with Crippen LogP contribution in [-0.2, 0) is 10.2 Å². The van der Waals surface area contributed by atoms with E-state index >= 15 is 0 Å². The zero-order valence-corrected chi connectivity index (χ0v) is 11.4. The van der Waals surface area contributed by atoms with Crippen LogP contribution in [0.25, 0.3) is 0 Å². The van der Waals surface area contributed by atoms with E-state index in [2.05, 4.69) is 20.7 Å². The zero-order valence-electron chi connectivity index (χ0n) is 8.96. The van der Waals surface area contributed by atoms with Crippen LogP contribution in [0.15, 0.2) is 0 Å². The molecule has 0 fully saturated rings. The zero-order chi connectivity index (χ0) is 11.2. The van der Waals surface area contributed by atoms with Gasteiger partial charge in [0.25, 0.3) is 10.2 Å². The Balaban J connectivity index is 4.46. The van der Waals surface area contributed by atoms with Gasteiger partial charge in [-0.1, -0.05) is 36.7 Å². The highest BCUT2D eigenvalue weighted by molar-refractivity contribution is 9.09. The van der Waals surface area contributed by atoms with Gasteiger partial charge in [0.2, 0.25) is 0 Å². The summed E-state index contributed by atoms with van der Waals surface area (Å²) in [7, 11) is -3.29. The molecule has 0 aliphatic carbocycles. The second-order valence-corrected chi connectivity index (χ2v) is 5.32. The van der Waals surface area contributed by atoms with Crippen molar-refractivity contribution >= 4 is 26.1 Å². The van der Waals surface area contributed by atoms with Crippen LogP contribution in [0.2, 0.25) is 0 Å². The van der Waals surface area contributed by atoms with Gasteiger partial charge < -0.3 is 0 Å². The third-order valence-corrected chi connectivity index (χ3v) is 4.65. The second kappa shape index (κ2) is 6.76. The van der Waals surface area contributed by atoms with Gasteiger partial charge in [-0.15, -0.1) is 0 Å². The summed E-state index contributed by atoms with van der Waals surface area (Å²) in [5, 5.41) is 0.643. The number of hydrogen-bond donors (Lipinski definition) is 1. The normalized spacial score (nSPS) is 14.6. The first-order chi connectivity index (χ1) is 6.51. The average molecular weight is 287 g/mol. The minimum absolute atomic E-state index is 0.0272. The van der Waals surface area contributed by atoms with E-state index in [4.69, 9.17) is 0 Å². The van der Waals surface area contributed by atoms with Crippen molar-refractivity contribution in [2.24, 2.45) is 0 Å². The monoisotopic (exact) mass is 286 g/mol. The summed E-state index contributed by atoms with van der Waals surface area (Å²) >= 11 is 3.28. The predicted molar refractivity (Wildman–Crippen MR) is 62.8 cm³/mol. The Morgan fingerprint density at radius 3 is 2.07 bits per heavy atom. The van der Waals surface area contributed by atoms with Crippen molar-refractivity contribution < 1.29 is 8.42 Å². The summed E-state index contributed by atoms with van der Waals surface area (Å²) in [6.07, 6.45) is 0.783. The van der Waals surface area contributed by atoms with Gasteiger partial charge in [0, 0.05) is 24.5 Å². The van der Waals surface area contributed by atoms with Crippen molar-refractivity contribution in [1.82, 2.24) is 9.03 Å². The Bertz CT molecular complexity index is 236. The highest BCUT2D eigenvalue weighted by atomic mass is 79.9. The fourth-order valence-corrected chi connectivity index (χ4v) is 3.41. The second-order valence-electron chi connectivity index (χ2n) is 2.97. The van der Waals surface area contributed by atoms with Gasteiger partial charge in [0.05, 0.1) is 0 Å². The number of halogens is 1. The minimum Gasteiger partial charge on any atom is -0.198 e. The Kier molecular flexibility index (Phi) is 6.93. The van der Waals surface area contributed by atoms with E-state index in [1.165, 1.54) is 4.31 Å². The maximum absolute atomic E-state index is 11.7. The van der Waals surface area contributed by atoms with Crippen LogP contribution in [0.5, 0.6) is 0 Å². The van der Waals surface area contributed by atoms with Crippen LogP contribution in [0.4, 0.5) is 0 Å². The Labute approximate surface area is 95.4 Å². The van der Waals surface area contributed by atoms with Gasteiger partial charge in [0.1, 0.15) is 0 Å². The number of nitrogens with zero attached hydrogens (tertiary/aromatic N) is 1. The van der Waals surface area contributed by atoms with E-state index in [9.17, 15) is 8.42 Å². The van der Waals surface area contributed by atoms with Gasteiger partial charge in [-0.25, -0.2) is 0 Å². The molecule has 0 saturated carbocycles. The minimum atomic E-state index is -3.29. The lowest BCUT2D eigenvalue weighted by atomic mass is 10.3. The van der Waals surface area contributed by atoms with Crippen LogP contribution in [0.3, 0.4) is 0 Å². The largest absolute Gasteiger partial charge is 0.279 e. The molecular weight excluding hydrogens is 268 g/mol. The molecule has 0 aliphatic heterocycles. The average Bonchev–Trinajstić information content (AvgIpc) is 2.15. The number of alkyl halides is 1. The smallest absolute Gasteiger partial charge is 0.198 e. The summed E-state index contributed by atoms with van der Waals surface area (Å²) < 4.78 is 27.5. The fourth-order valence-electron chi connectivity index (χ4n) is 1.07. The molecule has 0 bridgehead atoms. The van der Waals surface area contributed by atoms with Crippen molar-refractivity contribution in [2.45, 2.75) is 33.2 Å². The molecule has 0 spiro atoms. The molecule has 4 nitrogen and oxygen atoms in total. The Morgan fingerprint density at radius 2 is 1.79 bits per heavy atom. The quantitative estimate of drug-likeness (QED) is 0.718. The highest BCUT2D eigenvalue weighted by Crippen LogP contribution is 2.03. The van der Waals surface area contributed by atoms with Gasteiger partial charge in [-0.2, -0.15) is 17.4 Å². The molecular formula is C8H19BrN2O2S. The van der Waals surface area contributed by atoms with Crippen LogP contribution in [-0.4, -0.2) is 37.2 Å². The number of nitrogens with one attached hydrogen (secondary N) is 1. The molecule has 6 heteroatoms. The topological polar surface area (TPSA) is 49.4 Å². The van der Waals surface area contributed by atoms with E-state index in [-0.39, 0.29) is 6.04 Å². The Hall–Kier alpha value is 0.350. The van der Waals surface area contributed by atoms with Crippen LogP contribution in [0, 0.1) is 0 Å². The molecule has 0 aromatic heterocycles. The molecule has 1 unspecified atom stereocenters. The van der Waals surface area contributed by atoms with E-state index in [0.717, 1.165) is 6.42 Å². The molecule has 0 saturated heterocycles. The standard InChI is InChI=1S/C8H19BrN2O2S/c1-4-8(7-9)10-14(12,13)11(5-2)6-3/h8,10H,4-7H2,1-3H3. The third-order valence-electron chi connectivity index (χ3n) is 2.04. The van der Waals surface area contributed by atoms with Crippen molar-refractivity contribution in [3.8, 4) is 0 Å². The van der Waals surface area contributed by atoms with Gasteiger partial charge in [0.15, 0.2) is 0 Å². The van der Waals surface area contributed by atoms with Crippen molar-refractivity contribution in [2.75, 3.05) is 18.4 Å². The van der Waals surface area contributed by atoms with E-state index in [1.807, 2.05) is 20.8 Å². The number of hydrogen-bond acceptors (Lipinski definition) is 2. The molecule has 0 heterocycles. The van der Waals surface area contributed by atoms with Crippen molar-refractivity contribution in [3.05, 3.63) is 0 Å². The van der Waals surface area contributed by atoms with Gasteiger partial charge >= 0.3 is 0 Å². The summed E-state index contributed by atoms with van der Waals surface area (Å²) in [5.74, 6) is 0. The molecule has 0 amide bonds. The molecule has 0 aliphatic rings. The van der Waals surface area contributed by atoms with Crippen molar-refractivity contribution in [1.29, 1.82) is 0 Å². The van der Waals surface area contributed by atoms with E-state index in [1.54, 1.807) is 0 Å². The maximum Gasteiger partial charge on any atom is 0.279 e. The Morgan fingerprint density at radius 1 is 1.29 bits per heavy atom. The van der Waals surface area contributed by atoms with Crippen LogP contribution >= 0.6 is 15.9 Å². The first-order valence-corrected chi connectivity index (χ1v) is 7.41. The highest BCUT2D eigenvalue weighted by Gasteiger charge is 2.21. The number of rotatable bonds is 7. The van der Waals surface area contributed by atoms with Crippen molar-refractivity contribution in [3.63, 3.8) is 0 Å². The molecule has 0 aromatic carbocycles. The van der Waals surface area contributed by atoms with Crippen LogP contribution in [0.1, 0.15) is 27.2 Å². The molecule has 1 N–H and O–H groups in total. The summed E-state index contributed by atoms with van der Waals surface area (Å²) in [5.41, 5.74) is 0. The van der Waals surface area contributed by atoms with Crippen LogP contribution < -0.4 is 4.72 Å². The first kappa shape index (κ1) is 14.3. The molecule has 0 aromatic rings. The summed E-state index contributed by atoms with van der Waals surface area (Å²) in [6, 6.07) is -0.0272. The molecule has 0 radical (unpaired) electrons. The first-order valence-electron chi connectivity index (χ1n) is 4.85. The SMILES string of the molecule is CCC(CBr)NS(=O)(=O)N(CC)CC. The van der Waals surface area contributed by atoms with E-state index < -0.39 is 10.2 Å². The van der Waals surface area contributed by atoms with Gasteiger partial charge in [-0.3, -0.25) is 0 Å². The predicted octanol–water partition coefficient (Wildman–Crippen LogP) is 1.34. The van der Waals surface area contributed by atoms with Gasteiger partial charge in [-0.05, 0) is 6.42 Å². The molecule has 14 heavy (non-hydrogen) atoms. The fraction of sp³-hybridized carbons (Fsp3) is 1.00. The summed E-state index contributed by atoms with van der Waals surface area (Å²) in [4.78, 5) is 0. The molecule has 86 valence electrons. The molecule has 1 atom stereocenters.